The van der Waals surface area contributed by atoms with Gasteiger partial charge in [0.1, 0.15) is 11.6 Å². The normalized spacial score (nSPS) is 17.5. The Bertz CT molecular complexity index is 2020. The number of ketones is 1. The molecule has 1 atom stereocenters. The van der Waals surface area contributed by atoms with Crippen LogP contribution < -0.4 is 20.4 Å². The summed E-state index contributed by atoms with van der Waals surface area (Å²) in [5.74, 6) is 2.40. The number of pyridine rings is 1. The lowest BCUT2D eigenvalue weighted by molar-refractivity contribution is 0.0888. The number of benzene rings is 3. The number of aromatic nitrogens is 4. The highest BCUT2D eigenvalue weighted by Crippen LogP contribution is 2.34. The molecule has 50 heavy (non-hydrogen) atoms. The van der Waals surface area contributed by atoms with Crippen LogP contribution >= 0.6 is 0 Å². The number of carbonyl (C=O) groups excluding carboxylic acids is 1. The Morgan fingerprint density at radius 3 is 2.20 bits per heavy atom. The monoisotopic (exact) mass is 668 g/mol. The maximum atomic E-state index is 13.0. The molecule has 3 aromatic heterocycles. The van der Waals surface area contributed by atoms with Gasteiger partial charge in [-0.05, 0) is 56.2 Å². The molecule has 258 valence electrons. The van der Waals surface area contributed by atoms with E-state index in [4.69, 9.17) is 4.98 Å². The molecular formula is C41H48N8O. The number of nitrogens with zero attached hydrogens (tertiary/aromatic N) is 6. The minimum absolute atomic E-state index is 0.0474. The van der Waals surface area contributed by atoms with Crippen LogP contribution in [0.2, 0.25) is 0 Å². The second-order valence-corrected chi connectivity index (χ2v) is 13.3. The molecule has 1 unspecified atom stereocenters. The zero-order valence-electron chi connectivity index (χ0n) is 29.3. The maximum Gasteiger partial charge on any atom is 0.170 e. The summed E-state index contributed by atoms with van der Waals surface area (Å²) in [4.78, 5) is 26.7. The van der Waals surface area contributed by atoms with Crippen molar-refractivity contribution in [1.82, 2.24) is 29.7 Å². The van der Waals surface area contributed by atoms with Crippen LogP contribution in [0.25, 0.3) is 21.8 Å². The Hall–Kier alpha value is -4.99. The van der Waals surface area contributed by atoms with Gasteiger partial charge in [0, 0.05) is 117 Å². The molecule has 6 aromatic rings. The summed E-state index contributed by atoms with van der Waals surface area (Å²) in [6.07, 6.45) is 5.63. The molecule has 3 aliphatic rings. The number of anilines is 2. The van der Waals surface area contributed by atoms with Gasteiger partial charge >= 0.3 is 0 Å². The van der Waals surface area contributed by atoms with E-state index < -0.39 is 0 Å². The van der Waals surface area contributed by atoms with Gasteiger partial charge in [0.2, 0.25) is 0 Å². The third-order valence-corrected chi connectivity index (χ3v) is 10.2. The summed E-state index contributed by atoms with van der Waals surface area (Å²) in [6.45, 7) is 11.4. The number of carbonyl (C=O) groups is 1. The predicted molar refractivity (Wildman–Crippen MR) is 204 cm³/mol. The number of hydrogen-bond acceptors (Lipinski definition) is 7. The van der Waals surface area contributed by atoms with E-state index in [-0.39, 0.29) is 11.7 Å². The van der Waals surface area contributed by atoms with Crippen molar-refractivity contribution >= 4 is 39.1 Å². The maximum absolute atomic E-state index is 13.0. The molecule has 2 saturated heterocycles. The molecular weight excluding hydrogens is 621 g/mol. The summed E-state index contributed by atoms with van der Waals surface area (Å²) in [5, 5.41) is 9.00. The number of nitrogens with one attached hydrogen (secondary N) is 2. The molecule has 9 rings (SSSR count). The van der Waals surface area contributed by atoms with Crippen molar-refractivity contribution in [2.24, 2.45) is 13.0 Å². The van der Waals surface area contributed by atoms with Gasteiger partial charge in [0.25, 0.3) is 0 Å². The van der Waals surface area contributed by atoms with Gasteiger partial charge in [-0.15, -0.1) is 0 Å². The quantitative estimate of drug-likeness (QED) is 0.243. The van der Waals surface area contributed by atoms with Gasteiger partial charge in [-0.2, -0.15) is 0 Å². The lowest BCUT2D eigenvalue weighted by Crippen LogP contribution is -2.43. The fraction of sp³-hybridized carbons (Fsp3) is 0.341. The number of fused-ring (bicyclic) bond motifs is 4. The minimum atomic E-state index is 0.0474. The molecule has 9 nitrogen and oxygen atoms in total. The number of aryl methyl sites for hydroxylation is 2. The highest BCUT2D eigenvalue weighted by molar-refractivity contribution is 6.11. The van der Waals surface area contributed by atoms with Crippen molar-refractivity contribution in [3.8, 4) is 0 Å². The topological polar surface area (TPSA) is 83.2 Å². The van der Waals surface area contributed by atoms with E-state index in [1.807, 2.05) is 31.3 Å². The summed E-state index contributed by atoms with van der Waals surface area (Å²) in [7, 11) is 2.06. The third kappa shape index (κ3) is 7.44. The molecule has 0 spiro atoms. The van der Waals surface area contributed by atoms with Crippen molar-refractivity contribution in [3.63, 3.8) is 0 Å². The Labute approximate surface area is 294 Å². The lowest BCUT2D eigenvalue weighted by atomic mass is 9.85. The molecule has 2 fully saturated rings. The van der Waals surface area contributed by atoms with E-state index in [1.165, 1.54) is 16.8 Å². The summed E-state index contributed by atoms with van der Waals surface area (Å²) in [6, 6.07) is 31.3. The Balaban J connectivity index is 0.000000124. The lowest BCUT2D eigenvalue weighted by Gasteiger charge is -2.29. The first-order chi connectivity index (χ1) is 24.6. The van der Waals surface area contributed by atoms with Crippen molar-refractivity contribution in [3.05, 3.63) is 120 Å². The number of hydrogen-bond donors (Lipinski definition) is 2. The number of Topliss-reactive ketones (excluding diaryl/α,β-unsaturated/α-hetero) is 1. The van der Waals surface area contributed by atoms with Crippen LogP contribution in [0.15, 0.2) is 103 Å². The molecule has 0 bridgehead atoms. The number of para-hydroxylation sites is 3. The summed E-state index contributed by atoms with van der Waals surface area (Å²) in [5.41, 5.74) is 5.70. The molecule has 0 saturated carbocycles. The standard InChI is InChI=1S/C18H19N3O.C13H15N3.C10H14N2/c1-12-19-9-10-21(12)11-13-7-8-16-17(18(13)22)14-5-3-4-6-15(14)20(16)2;1-2-4-12-11(3-1)5-6-13(15-12)16-9-7-14-8-10-16;1-2-4-10(5-3-1)12-8-6-11-7-9-12/h3-6,9-10,13H,7-8,11H2,1-2H3;1-6,14H,7-10H2;1-5,11H,6-9H2. The minimum Gasteiger partial charge on any atom is -0.369 e. The first-order valence-corrected chi connectivity index (χ1v) is 18.0. The average molecular weight is 669 g/mol. The van der Waals surface area contributed by atoms with Crippen LogP contribution in [-0.2, 0) is 20.0 Å². The van der Waals surface area contributed by atoms with Gasteiger partial charge in [0.05, 0.1) is 5.52 Å². The Kier molecular flexibility index (Phi) is 10.5. The van der Waals surface area contributed by atoms with E-state index in [0.29, 0.717) is 0 Å². The number of rotatable bonds is 4. The van der Waals surface area contributed by atoms with Crippen LogP contribution in [0.1, 0.15) is 28.3 Å². The van der Waals surface area contributed by atoms with E-state index in [1.54, 1.807) is 6.20 Å². The fourth-order valence-corrected chi connectivity index (χ4v) is 7.36. The predicted octanol–water partition coefficient (Wildman–Crippen LogP) is 5.87. The molecule has 5 heterocycles. The van der Waals surface area contributed by atoms with Gasteiger partial charge in [-0.1, -0.05) is 54.6 Å². The largest absolute Gasteiger partial charge is 0.369 e. The molecule has 2 aliphatic heterocycles. The zero-order chi connectivity index (χ0) is 34.3. The molecule has 1 aliphatic carbocycles. The van der Waals surface area contributed by atoms with E-state index in [2.05, 4.69) is 114 Å². The second-order valence-electron chi connectivity index (χ2n) is 13.3. The average Bonchev–Trinajstić information content (AvgIpc) is 3.73. The summed E-state index contributed by atoms with van der Waals surface area (Å²) < 4.78 is 4.26. The Morgan fingerprint density at radius 1 is 0.780 bits per heavy atom. The Morgan fingerprint density at radius 2 is 1.46 bits per heavy atom. The van der Waals surface area contributed by atoms with Gasteiger partial charge < -0.3 is 29.6 Å². The molecule has 0 amide bonds. The van der Waals surface area contributed by atoms with Crippen LogP contribution in [0, 0.1) is 12.8 Å². The molecule has 3 aromatic carbocycles. The second kappa shape index (κ2) is 15.7. The molecule has 0 radical (unpaired) electrons. The fourth-order valence-electron chi connectivity index (χ4n) is 7.36. The van der Waals surface area contributed by atoms with Crippen LogP contribution in [0.3, 0.4) is 0 Å². The van der Waals surface area contributed by atoms with Gasteiger partial charge in [0.15, 0.2) is 5.78 Å². The van der Waals surface area contributed by atoms with Gasteiger partial charge in [-0.25, -0.2) is 9.97 Å². The zero-order valence-corrected chi connectivity index (χ0v) is 29.3. The highest BCUT2D eigenvalue weighted by atomic mass is 16.1. The first-order valence-electron chi connectivity index (χ1n) is 18.0. The first kappa shape index (κ1) is 33.5. The molecule has 2 N–H and O–H groups in total. The van der Waals surface area contributed by atoms with E-state index in [9.17, 15) is 4.79 Å². The van der Waals surface area contributed by atoms with E-state index in [0.717, 1.165) is 105 Å². The molecule has 9 heteroatoms. The number of piperazine rings is 2. The summed E-state index contributed by atoms with van der Waals surface area (Å²) >= 11 is 0. The van der Waals surface area contributed by atoms with Crippen molar-refractivity contribution in [2.45, 2.75) is 26.3 Å². The third-order valence-electron chi connectivity index (χ3n) is 10.2. The SMILES string of the molecule is Cc1nccn1CC1CCc2c(c3ccccc3n2C)C1=O.c1ccc(N2CCNCC2)cc1.c1ccc2nc(N3CCNCC3)ccc2c1. The van der Waals surface area contributed by atoms with Crippen molar-refractivity contribution in [1.29, 1.82) is 0 Å². The van der Waals surface area contributed by atoms with Gasteiger partial charge in [-0.3, -0.25) is 4.79 Å². The van der Waals surface area contributed by atoms with Crippen LogP contribution in [0.4, 0.5) is 11.5 Å². The number of imidazole rings is 1. The van der Waals surface area contributed by atoms with Crippen LogP contribution in [0.5, 0.6) is 0 Å². The smallest absolute Gasteiger partial charge is 0.170 e. The van der Waals surface area contributed by atoms with E-state index >= 15 is 0 Å². The van der Waals surface area contributed by atoms with Crippen molar-refractivity contribution in [2.75, 3.05) is 62.2 Å². The van der Waals surface area contributed by atoms with Crippen LogP contribution in [-0.4, -0.2) is 77.2 Å². The van der Waals surface area contributed by atoms with Crippen molar-refractivity contribution < 1.29 is 4.79 Å². The highest BCUT2D eigenvalue weighted by Gasteiger charge is 2.32.